The minimum atomic E-state index is -0.0386. The van der Waals surface area contributed by atoms with Crippen LogP contribution in [0.2, 0.25) is 0 Å². The third-order valence-corrected chi connectivity index (χ3v) is 3.84. The standard InChI is InChI=1S/C11H22N2OS/c1-11(2,10(12)15)5-6-13(3)9-4-7-14-8-9/h9H,4-8H2,1-3H3,(H2,12,15). The summed E-state index contributed by atoms with van der Waals surface area (Å²) in [5.41, 5.74) is 5.66. The first kappa shape index (κ1) is 12.9. The quantitative estimate of drug-likeness (QED) is 0.725. The van der Waals surface area contributed by atoms with Gasteiger partial charge in [0, 0.05) is 18.1 Å². The number of rotatable bonds is 5. The lowest BCUT2D eigenvalue weighted by atomic mass is 9.89. The van der Waals surface area contributed by atoms with Crippen LogP contribution in [0.1, 0.15) is 26.7 Å². The highest BCUT2D eigenvalue weighted by molar-refractivity contribution is 7.80. The van der Waals surface area contributed by atoms with Crippen molar-refractivity contribution in [2.45, 2.75) is 32.7 Å². The van der Waals surface area contributed by atoms with Crippen molar-refractivity contribution < 1.29 is 4.74 Å². The highest BCUT2D eigenvalue weighted by Gasteiger charge is 2.25. The van der Waals surface area contributed by atoms with Gasteiger partial charge in [-0.05, 0) is 26.4 Å². The van der Waals surface area contributed by atoms with Crippen LogP contribution in [-0.2, 0) is 4.74 Å². The maximum Gasteiger partial charge on any atom is 0.0784 e. The molecule has 0 spiro atoms. The first-order valence-corrected chi connectivity index (χ1v) is 5.92. The Morgan fingerprint density at radius 1 is 1.60 bits per heavy atom. The average Bonchev–Trinajstić information content (AvgIpc) is 2.66. The van der Waals surface area contributed by atoms with Crippen LogP contribution in [0.15, 0.2) is 0 Å². The van der Waals surface area contributed by atoms with Crippen molar-refractivity contribution in [3.63, 3.8) is 0 Å². The number of nitrogens with zero attached hydrogens (tertiary/aromatic N) is 1. The molecule has 88 valence electrons. The van der Waals surface area contributed by atoms with Crippen LogP contribution < -0.4 is 5.73 Å². The normalized spacial score (nSPS) is 22.3. The van der Waals surface area contributed by atoms with Crippen molar-refractivity contribution in [3.05, 3.63) is 0 Å². The molecule has 0 aromatic heterocycles. The lowest BCUT2D eigenvalue weighted by Gasteiger charge is -2.29. The van der Waals surface area contributed by atoms with Crippen molar-refractivity contribution in [2.75, 3.05) is 26.8 Å². The molecule has 15 heavy (non-hydrogen) atoms. The lowest BCUT2D eigenvalue weighted by molar-refractivity contribution is 0.154. The fourth-order valence-electron chi connectivity index (χ4n) is 1.63. The molecule has 1 heterocycles. The lowest BCUT2D eigenvalue weighted by Crippen LogP contribution is -2.38. The molecule has 0 aliphatic carbocycles. The number of likely N-dealkylation sites (N-methyl/N-ethyl adjacent to an activating group) is 1. The molecule has 0 aromatic rings. The monoisotopic (exact) mass is 230 g/mol. The van der Waals surface area contributed by atoms with Crippen LogP contribution >= 0.6 is 12.2 Å². The minimum Gasteiger partial charge on any atom is -0.393 e. The second kappa shape index (κ2) is 5.23. The maximum atomic E-state index is 5.70. The Hall–Kier alpha value is -0.190. The van der Waals surface area contributed by atoms with E-state index < -0.39 is 0 Å². The Balaban J connectivity index is 2.32. The molecule has 0 saturated carbocycles. The second-order valence-electron chi connectivity index (χ2n) is 5.00. The second-order valence-corrected chi connectivity index (χ2v) is 5.44. The summed E-state index contributed by atoms with van der Waals surface area (Å²) in [5.74, 6) is 0. The largest absolute Gasteiger partial charge is 0.393 e. The van der Waals surface area contributed by atoms with Gasteiger partial charge in [0.05, 0.1) is 11.6 Å². The summed E-state index contributed by atoms with van der Waals surface area (Å²) in [7, 11) is 2.15. The summed E-state index contributed by atoms with van der Waals surface area (Å²) in [5, 5.41) is 0. The highest BCUT2D eigenvalue weighted by Crippen LogP contribution is 2.22. The molecule has 1 atom stereocenters. The predicted octanol–water partition coefficient (Wildman–Crippen LogP) is 1.41. The summed E-state index contributed by atoms with van der Waals surface area (Å²) >= 11 is 5.05. The number of nitrogens with two attached hydrogens (primary N) is 1. The first-order valence-electron chi connectivity index (χ1n) is 5.51. The summed E-state index contributed by atoms with van der Waals surface area (Å²) in [6, 6.07) is 0.576. The topological polar surface area (TPSA) is 38.5 Å². The molecule has 1 fully saturated rings. The van der Waals surface area contributed by atoms with E-state index in [1.165, 1.54) is 0 Å². The van der Waals surface area contributed by atoms with E-state index in [0.29, 0.717) is 11.0 Å². The van der Waals surface area contributed by atoms with Crippen molar-refractivity contribution >= 4 is 17.2 Å². The molecule has 3 nitrogen and oxygen atoms in total. The molecule has 0 bridgehead atoms. The summed E-state index contributed by atoms with van der Waals surface area (Å²) < 4.78 is 5.37. The molecule has 0 amide bonds. The zero-order chi connectivity index (χ0) is 11.5. The van der Waals surface area contributed by atoms with Crippen molar-refractivity contribution in [3.8, 4) is 0 Å². The summed E-state index contributed by atoms with van der Waals surface area (Å²) in [6.07, 6.45) is 2.15. The molecular weight excluding hydrogens is 208 g/mol. The van der Waals surface area contributed by atoms with Crippen LogP contribution in [0.25, 0.3) is 0 Å². The first-order chi connectivity index (χ1) is 6.93. The number of thiocarbonyl (C=S) groups is 1. The molecule has 0 aromatic carbocycles. The van der Waals surface area contributed by atoms with Crippen molar-refractivity contribution in [1.29, 1.82) is 0 Å². The van der Waals surface area contributed by atoms with E-state index in [1.807, 2.05) is 0 Å². The minimum absolute atomic E-state index is 0.0386. The molecule has 4 heteroatoms. The van der Waals surface area contributed by atoms with E-state index in [2.05, 4.69) is 25.8 Å². The van der Waals surface area contributed by atoms with Gasteiger partial charge < -0.3 is 15.4 Å². The fraction of sp³-hybridized carbons (Fsp3) is 0.909. The van der Waals surface area contributed by atoms with Crippen LogP contribution in [0, 0.1) is 5.41 Å². The van der Waals surface area contributed by atoms with Gasteiger partial charge in [-0.15, -0.1) is 0 Å². The van der Waals surface area contributed by atoms with Gasteiger partial charge in [-0.3, -0.25) is 0 Å². The Morgan fingerprint density at radius 3 is 2.73 bits per heavy atom. The molecule has 1 aliphatic rings. The van der Waals surface area contributed by atoms with Gasteiger partial charge in [0.2, 0.25) is 0 Å². The van der Waals surface area contributed by atoms with Crippen LogP contribution in [0.4, 0.5) is 0 Å². The summed E-state index contributed by atoms with van der Waals surface area (Å²) in [4.78, 5) is 2.96. The van der Waals surface area contributed by atoms with E-state index in [1.54, 1.807) is 0 Å². The van der Waals surface area contributed by atoms with Gasteiger partial charge in [0.1, 0.15) is 0 Å². The third kappa shape index (κ3) is 3.70. The fourth-order valence-corrected chi connectivity index (χ4v) is 1.73. The third-order valence-electron chi connectivity index (χ3n) is 3.29. The predicted molar refractivity (Wildman–Crippen MR) is 67.0 cm³/mol. The number of hydrogen-bond acceptors (Lipinski definition) is 3. The summed E-state index contributed by atoms with van der Waals surface area (Å²) in [6.45, 7) is 7.00. The zero-order valence-electron chi connectivity index (χ0n) is 9.95. The van der Waals surface area contributed by atoms with Gasteiger partial charge in [-0.2, -0.15) is 0 Å². The highest BCUT2D eigenvalue weighted by atomic mass is 32.1. The number of ether oxygens (including phenoxy) is 1. The van der Waals surface area contributed by atoms with Gasteiger partial charge in [0.25, 0.3) is 0 Å². The van der Waals surface area contributed by atoms with E-state index in [0.717, 1.165) is 32.6 Å². The van der Waals surface area contributed by atoms with E-state index in [9.17, 15) is 0 Å². The van der Waals surface area contributed by atoms with Gasteiger partial charge in [0.15, 0.2) is 0 Å². The van der Waals surface area contributed by atoms with Gasteiger partial charge >= 0.3 is 0 Å². The smallest absolute Gasteiger partial charge is 0.0784 e. The Bertz CT molecular complexity index is 225. The Kier molecular flexibility index (Phi) is 4.49. The van der Waals surface area contributed by atoms with E-state index >= 15 is 0 Å². The molecule has 1 saturated heterocycles. The maximum absolute atomic E-state index is 5.70. The SMILES string of the molecule is CN(CCC(C)(C)C(N)=S)C1CCOC1. The molecule has 0 radical (unpaired) electrons. The molecular formula is C11H22N2OS. The van der Waals surface area contributed by atoms with Crippen molar-refractivity contribution in [2.24, 2.45) is 11.1 Å². The molecule has 1 rings (SSSR count). The van der Waals surface area contributed by atoms with Crippen LogP contribution in [-0.4, -0.2) is 42.7 Å². The molecule has 1 unspecified atom stereocenters. The molecule has 1 aliphatic heterocycles. The van der Waals surface area contributed by atoms with Crippen molar-refractivity contribution in [1.82, 2.24) is 4.90 Å². The molecule has 2 N–H and O–H groups in total. The van der Waals surface area contributed by atoms with Gasteiger partial charge in [-0.25, -0.2) is 0 Å². The Morgan fingerprint density at radius 2 is 2.27 bits per heavy atom. The van der Waals surface area contributed by atoms with Gasteiger partial charge in [-0.1, -0.05) is 26.1 Å². The number of hydrogen-bond donors (Lipinski definition) is 1. The van der Waals surface area contributed by atoms with E-state index in [4.69, 9.17) is 22.7 Å². The Labute approximate surface area is 98.0 Å². The average molecular weight is 230 g/mol. The van der Waals surface area contributed by atoms with Crippen LogP contribution in [0.3, 0.4) is 0 Å². The zero-order valence-corrected chi connectivity index (χ0v) is 10.8. The van der Waals surface area contributed by atoms with Crippen LogP contribution in [0.5, 0.6) is 0 Å². The van der Waals surface area contributed by atoms with E-state index in [-0.39, 0.29) is 5.41 Å².